The van der Waals surface area contributed by atoms with Crippen LogP contribution >= 0.6 is 0 Å². The normalized spacial score (nSPS) is 12.9. The summed E-state index contributed by atoms with van der Waals surface area (Å²) in [7, 11) is 1.71. The third kappa shape index (κ3) is 5.79. The first-order valence-corrected chi connectivity index (χ1v) is 6.31. The van der Waals surface area contributed by atoms with E-state index in [-0.39, 0.29) is 6.10 Å². The molecule has 1 N–H and O–H groups in total. The van der Waals surface area contributed by atoms with E-state index >= 15 is 0 Å². The van der Waals surface area contributed by atoms with Crippen LogP contribution in [0.5, 0.6) is 0 Å². The summed E-state index contributed by atoms with van der Waals surface area (Å²) in [5.74, 6) is 1.45. The molecule has 0 spiro atoms. The Morgan fingerprint density at radius 1 is 1.29 bits per heavy atom. The molecule has 1 rings (SSSR count). The number of rotatable bonds is 9. The van der Waals surface area contributed by atoms with Crippen molar-refractivity contribution in [3.05, 3.63) is 11.8 Å². The average molecular weight is 241 g/mol. The van der Waals surface area contributed by atoms with Gasteiger partial charge >= 0.3 is 0 Å². The lowest BCUT2D eigenvalue weighted by Crippen LogP contribution is -2.14. The van der Waals surface area contributed by atoms with Crippen LogP contribution in [0.3, 0.4) is 0 Å². The van der Waals surface area contributed by atoms with Crippen molar-refractivity contribution in [2.24, 2.45) is 0 Å². The second kappa shape index (κ2) is 8.20. The molecular weight excluding hydrogens is 218 g/mol. The molecule has 1 heterocycles. The second-order valence-electron chi connectivity index (χ2n) is 4.13. The molecular formula is C12H23N3O2. The van der Waals surface area contributed by atoms with Crippen LogP contribution in [-0.2, 0) is 17.6 Å². The Bertz CT molecular complexity index is 302. The fourth-order valence-corrected chi connectivity index (χ4v) is 1.48. The molecule has 0 bridgehead atoms. The zero-order valence-corrected chi connectivity index (χ0v) is 11.0. The highest BCUT2D eigenvalue weighted by atomic mass is 16.5. The predicted molar refractivity (Wildman–Crippen MR) is 66.0 cm³/mol. The van der Waals surface area contributed by atoms with Crippen molar-refractivity contribution in [2.45, 2.75) is 45.6 Å². The number of ether oxygens (including phenoxy) is 1. The van der Waals surface area contributed by atoms with Crippen LogP contribution in [0.15, 0.2) is 4.42 Å². The summed E-state index contributed by atoms with van der Waals surface area (Å²) in [5.41, 5.74) is 0. The molecule has 0 fully saturated rings. The molecule has 5 nitrogen and oxygen atoms in total. The van der Waals surface area contributed by atoms with Gasteiger partial charge in [-0.3, -0.25) is 0 Å². The Morgan fingerprint density at radius 2 is 2.00 bits per heavy atom. The third-order valence-electron chi connectivity index (χ3n) is 2.67. The standard InChI is InChI=1S/C12H23N3O2/c1-4-13-9-5-6-11-14-15-12(17-11)8-7-10(2)16-3/h10,13H,4-9H2,1-3H3. The van der Waals surface area contributed by atoms with E-state index in [1.165, 1.54) is 0 Å². The summed E-state index contributed by atoms with van der Waals surface area (Å²) < 4.78 is 10.7. The van der Waals surface area contributed by atoms with Crippen molar-refractivity contribution in [2.75, 3.05) is 20.2 Å². The number of hydrogen-bond donors (Lipinski definition) is 1. The fourth-order valence-electron chi connectivity index (χ4n) is 1.48. The van der Waals surface area contributed by atoms with E-state index in [2.05, 4.69) is 22.4 Å². The van der Waals surface area contributed by atoms with E-state index in [0.29, 0.717) is 5.89 Å². The number of hydrogen-bond acceptors (Lipinski definition) is 5. The highest BCUT2D eigenvalue weighted by Crippen LogP contribution is 2.07. The van der Waals surface area contributed by atoms with Gasteiger partial charge in [-0.2, -0.15) is 0 Å². The molecule has 98 valence electrons. The smallest absolute Gasteiger partial charge is 0.216 e. The molecule has 5 heteroatoms. The first-order valence-electron chi connectivity index (χ1n) is 6.31. The second-order valence-corrected chi connectivity index (χ2v) is 4.13. The Hall–Kier alpha value is -0.940. The molecule has 1 aromatic heterocycles. The van der Waals surface area contributed by atoms with Crippen LogP contribution in [-0.4, -0.2) is 36.5 Å². The van der Waals surface area contributed by atoms with Crippen molar-refractivity contribution >= 4 is 0 Å². The van der Waals surface area contributed by atoms with E-state index in [9.17, 15) is 0 Å². The maximum Gasteiger partial charge on any atom is 0.216 e. The maximum absolute atomic E-state index is 5.55. The fraction of sp³-hybridized carbons (Fsp3) is 0.833. The summed E-state index contributed by atoms with van der Waals surface area (Å²) in [6.45, 7) is 6.13. The molecule has 0 aliphatic carbocycles. The summed E-state index contributed by atoms with van der Waals surface area (Å²) in [5, 5.41) is 11.3. The number of nitrogens with zero attached hydrogens (tertiary/aromatic N) is 2. The zero-order chi connectivity index (χ0) is 12.5. The van der Waals surface area contributed by atoms with Gasteiger partial charge in [0, 0.05) is 20.0 Å². The molecule has 17 heavy (non-hydrogen) atoms. The lowest BCUT2D eigenvalue weighted by molar-refractivity contribution is 0.109. The lowest BCUT2D eigenvalue weighted by Gasteiger charge is -2.05. The minimum absolute atomic E-state index is 0.235. The Kier molecular flexibility index (Phi) is 6.81. The van der Waals surface area contributed by atoms with Gasteiger partial charge in [0.05, 0.1) is 6.10 Å². The molecule has 0 radical (unpaired) electrons. The van der Waals surface area contributed by atoms with Gasteiger partial charge in [0.1, 0.15) is 0 Å². The zero-order valence-electron chi connectivity index (χ0n) is 11.0. The van der Waals surface area contributed by atoms with Gasteiger partial charge in [-0.25, -0.2) is 0 Å². The van der Waals surface area contributed by atoms with Crippen molar-refractivity contribution in [3.63, 3.8) is 0 Å². The molecule has 0 amide bonds. The van der Waals surface area contributed by atoms with Crippen LogP contribution in [0.25, 0.3) is 0 Å². The summed E-state index contributed by atoms with van der Waals surface area (Å²) in [6.07, 6.45) is 3.81. The monoisotopic (exact) mass is 241 g/mol. The largest absolute Gasteiger partial charge is 0.425 e. The van der Waals surface area contributed by atoms with E-state index in [4.69, 9.17) is 9.15 Å². The van der Waals surface area contributed by atoms with E-state index in [1.54, 1.807) is 7.11 Å². The Labute approximate surface area is 103 Å². The lowest BCUT2D eigenvalue weighted by atomic mass is 10.2. The number of methoxy groups -OCH3 is 1. The minimum Gasteiger partial charge on any atom is -0.425 e. The quantitative estimate of drug-likeness (QED) is 0.665. The van der Waals surface area contributed by atoms with Gasteiger partial charge in [0.25, 0.3) is 0 Å². The number of nitrogens with one attached hydrogen (secondary N) is 1. The third-order valence-corrected chi connectivity index (χ3v) is 2.67. The van der Waals surface area contributed by atoms with Gasteiger partial charge in [-0.05, 0) is 32.9 Å². The predicted octanol–water partition coefficient (Wildman–Crippen LogP) is 1.58. The SMILES string of the molecule is CCNCCCc1nnc(CCC(C)OC)o1. The summed E-state index contributed by atoms with van der Waals surface area (Å²) in [6, 6.07) is 0. The van der Waals surface area contributed by atoms with Gasteiger partial charge in [0.2, 0.25) is 11.8 Å². The average Bonchev–Trinajstić information content (AvgIpc) is 2.79. The van der Waals surface area contributed by atoms with E-state index in [1.807, 2.05) is 6.92 Å². The number of aromatic nitrogens is 2. The van der Waals surface area contributed by atoms with Crippen molar-refractivity contribution in [3.8, 4) is 0 Å². The van der Waals surface area contributed by atoms with Crippen LogP contribution in [0.2, 0.25) is 0 Å². The molecule has 0 saturated heterocycles. The minimum atomic E-state index is 0.235. The first-order chi connectivity index (χ1) is 8.26. The highest BCUT2D eigenvalue weighted by molar-refractivity contribution is 4.83. The van der Waals surface area contributed by atoms with E-state index < -0.39 is 0 Å². The Morgan fingerprint density at radius 3 is 2.65 bits per heavy atom. The van der Waals surface area contributed by atoms with Crippen LogP contribution in [0.1, 0.15) is 38.5 Å². The molecule has 1 aromatic rings. The summed E-state index contributed by atoms with van der Waals surface area (Å²) >= 11 is 0. The van der Waals surface area contributed by atoms with Gasteiger partial charge < -0.3 is 14.5 Å². The molecule has 0 aromatic carbocycles. The van der Waals surface area contributed by atoms with Crippen molar-refractivity contribution in [1.82, 2.24) is 15.5 Å². The Balaban J connectivity index is 2.22. The molecule has 0 aliphatic heterocycles. The van der Waals surface area contributed by atoms with Crippen molar-refractivity contribution < 1.29 is 9.15 Å². The molecule has 1 atom stereocenters. The van der Waals surface area contributed by atoms with E-state index in [0.717, 1.165) is 44.7 Å². The van der Waals surface area contributed by atoms with Crippen LogP contribution in [0.4, 0.5) is 0 Å². The van der Waals surface area contributed by atoms with Gasteiger partial charge in [-0.15, -0.1) is 10.2 Å². The summed E-state index contributed by atoms with van der Waals surface area (Å²) in [4.78, 5) is 0. The van der Waals surface area contributed by atoms with Crippen LogP contribution in [0, 0.1) is 0 Å². The highest BCUT2D eigenvalue weighted by Gasteiger charge is 2.07. The maximum atomic E-state index is 5.55. The molecule has 0 saturated carbocycles. The van der Waals surface area contributed by atoms with Gasteiger partial charge in [0.15, 0.2) is 0 Å². The van der Waals surface area contributed by atoms with Crippen LogP contribution < -0.4 is 5.32 Å². The molecule has 0 aliphatic rings. The molecule has 1 unspecified atom stereocenters. The van der Waals surface area contributed by atoms with Gasteiger partial charge in [-0.1, -0.05) is 6.92 Å². The number of aryl methyl sites for hydroxylation is 2. The first kappa shape index (κ1) is 14.1. The van der Waals surface area contributed by atoms with Crippen molar-refractivity contribution in [1.29, 1.82) is 0 Å². The topological polar surface area (TPSA) is 60.2 Å².